The molecule has 0 aromatic heterocycles. The highest BCUT2D eigenvalue weighted by atomic mass is 79.9. The smallest absolute Gasteiger partial charge is 0.244 e. The molecule has 2 amide bonds. The van der Waals surface area contributed by atoms with Gasteiger partial charge in [0, 0.05) is 16.6 Å². The highest BCUT2D eigenvalue weighted by Gasteiger charge is 2.33. The summed E-state index contributed by atoms with van der Waals surface area (Å²) in [5.41, 5.74) is 0.745. The number of carbonyl (C=O) groups excluding carboxylic acids is 2. The van der Waals surface area contributed by atoms with Gasteiger partial charge in [0.25, 0.3) is 0 Å². The van der Waals surface area contributed by atoms with E-state index in [-0.39, 0.29) is 12.5 Å². The van der Waals surface area contributed by atoms with Crippen molar-refractivity contribution in [1.82, 2.24) is 10.2 Å². The number of anilines is 1. The van der Waals surface area contributed by atoms with Crippen molar-refractivity contribution < 1.29 is 18.0 Å². The summed E-state index contributed by atoms with van der Waals surface area (Å²) in [4.78, 5) is 28.1. The summed E-state index contributed by atoms with van der Waals surface area (Å²) < 4.78 is 26.9. The number of hydrogen-bond acceptors (Lipinski definition) is 4. The number of sulfonamides is 1. The summed E-state index contributed by atoms with van der Waals surface area (Å²) in [6.45, 7) is 7.23. The van der Waals surface area contributed by atoms with Crippen LogP contribution in [0.1, 0.15) is 39.7 Å². The number of nitrogens with zero attached hydrogens (tertiary/aromatic N) is 2. The molecule has 7 nitrogen and oxygen atoms in total. The molecule has 0 saturated carbocycles. The number of benzene rings is 2. The molecule has 1 N–H and O–H groups in total. The summed E-state index contributed by atoms with van der Waals surface area (Å²) in [6.07, 6.45) is 1.45. The molecule has 0 aliphatic rings. The predicted molar refractivity (Wildman–Crippen MR) is 135 cm³/mol. The third-order valence-corrected chi connectivity index (χ3v) is 6.49. The Morgan fingerprint density at radius 2 is 1.70 bits per heavy atom. The summed E-state index contributed by atoms with van der Waals surface area (Å²) >= 11 is 3.35. The Morgan fingerprint density at radius 3 is 2.21 bits per heavy atom. The number of rotatable bonds is 9. The minimum atomic E-state index is -3.75. The van der Waals surface area contributed by atoms with E-state index in [0.29, 0.717) is 16.6 Å². The molecule has 0 heterocycles. The van der Waals surface area contributed by atoms with Gasteiger partial charge in [0.15, 0.2) is 0 Å². The average molecular weight is 539 g/mol. The van der Waals surface area contributed by atoms with E-state index < -0.39 is 34.1 Å². The van der Waals surface area contributed by atoms with E-state index in [4.69, 9.17) is 0 Å². The van der Waals surface area contributed by atoms with Crippen molar-refractivity contribution in [1.29, 1.82) is 0 Å². The van der Waals surface area contributed by atoms with E-state index in [0.717, 1.165) is 16.1 Å². The van der Waals surface area contributed by atoms with Crippen LogP contribution in [-0.4, -0.2) is 49.5 Å². The Morgan fingerprint density at radius 1 is 1.06 bits per heavy atom. The molecule has 1 unspecified atom stereocenters. The van der Waals surface area contributed by atoms with Gasteiger partial charge in [0.2, 0.25) is 21.8 Å². The second-order valence-electron chi connectivity index (χ2n) is 8.92. The molecule has 2 rings (SSSR count). The largest absolute Gasteiger partial charge is 0.350 e. The van der Waals surface area contributed by atoms with E-state index in [1.807, 2.05) is 58.0 Å². The van der Waals surface area contributed by atoms with Gasteiger partial charge in [0.1, 0.15) is 12.6 Å². The van der Waals surface area contributed by atoms with Crippen LogP contribution in [-0.2, 0) is 26.2 Å². The molecule has 0 saturated heterocycles. The number of carbonyl (C=O) groups is 2. The third kappa shape index (κ3) is 8.16. The lowest BCUT2D eigenvalue weighted by Gasteiger charge is -2.34. The fourth-order valence-corrected chi connectivity index (χ4v) is 4.63. The molecule has 180 valence electrons. The zero-order valence-electron chi connectivity index (χ0n) is 19.7. The lowest BCUT2D eigenvalue weighted by Crippen LogP contribution is -2.55. The Kier molecular flexibility index (Phi) is 9.08. The maximum Gasteiger partial charge on any atom is 0.244 e. The van der Waals surface area contributed by atoms with Crippen molar-refractivity contribution in [3.63, 3.8) is 0 Å². The first kappa shape index (κ1) is 26.9. The fraction of sp³-hybridized carbons (Fsp3) is 0.417. The van der Waals surface area contributed by atoms with Gasteiger partial charge in [-0.3, -0.25) is 13.9 Å². The monoisotopic (exact) mass is 537 g/mol. The molecule has 0 aliphatic carbocycles. The van der Waals surface area contributed by atoms with Crippen LogP contribution in [0.5, 0.6) is 0 Å². The minimum Gasteiger partial charge on any atom is -0.350 e. The minimum absolute atomic E-state index is 0.186. The van der Waals surface area contributed by atoms with Crippen LogP contribution in [0.2, 0.25) is 0 Å². The molecule has 0 fully saturated rings. The van der Waals surface area contributed by atoms with Crippen molar-refractivity contribution >= 4 is 43.5 Å². The van der Waals surface area contributed by atoms with Gasteiger partial charge >= 0.3 is 0 Å². The van der Waals surface area contributed by atoms with Crippen LogP contribution in [0, 0.1) is 0 Å². The molecular weight excluding hydrogens is 506 g/mol. The molecule has 33 heavy (non-hydrogen) atoms. The van der Waals surface area contributed by atoms with Gasteiger partial charge in [-0.1, -0.05) is 59.3 Å². The third-order valence-electron chi connectivity index (χ3n) is 4.86. The van der Waals surface area contributed by atoms with Gasteiger partial charge in [-0.2, -0.15) is 0 Å². The van der Waals surface area contributed by atoms with Gasteiger partial charge in [-0.15, -0.1) is 0 Å². The Labute approximate surface area is 205 Å². The van der Waals surface area contributed by atoms with Crippen LogP contribution in [0.15, 0.2) is 59.1 Å². The molecular formula is C24H32BrN3O4S. The van der Waals surface area contributed by atoms with Crippen LogP contribution < -0.4 is 9.62 Å². The van der Waals surface area contributed by atoms with Gasteiger partial charge < -0.3 is 10.2 Å². The summed E-state index contributed by atoms with van der Waals surface area (Å²) in [7, 11) is -3.75. The second-order valence-corrected chi connectivity index (χ2v) is 11.7. The van der Waals surface area contributed by atoms with Crippen molar-refractivity contribution in [2.24, 2.45) is 0 Å². The van der Waals surface area contributed by atoms with Crippen molar-refractivity contribution in [2.75, 3.05) is 17.1 Å². The van der Waals surface area contributed by atoms with Gasteiger partial charge in [0.05, 0.1) is 11.9 Å². The molecule has 2 aromatic carbocycles. The number of hydrogen-bond donors (Lipinski definition) is 1. The van der Waals surface area contributed by atoms with Crippen LogP contribution in [0.3, 0.4) is 0 Å². The SMILES string of the molecule is CCC(C(=O)NC(C)(C)C)N(Cc1ccccc1)C(=O)CN(c1cccc(Br)c1)S(C)(=O)=O. The topological polar surface area (TPSA) is 86.8 Å². The van der Waals surface area contributed by atoms with Gasteiger partial charge in [-0.25, -0.2) is 8.42 Å². The quantitative estimate of drug-likeness (QED) is 0.524. The van der Waals surface area contributed by atoms with Crippen molar-refractivity contribution in [2.45, 2.75) is 52.2 Å². The highest BCUT2D eigenvalue weighted by Crippen LogP contribution is 2.23. The maximum atomic E-state index is 13.6. The zero-order chi connectivity index (χ0) is 24.8. The lowest BCUT2D eigenvalue weighted by molar-refractivity contribution is -0.141. The number of nitrogens with one attached hydrogen (secondary N) is 1. The number of amides is 2. The molecule has 0 bridgehead atoms. The fourth-order valence-electron chi connectivity index (χ4n) is 3.40. The first-order valence-corrected chi connectivity index (χ1v) is 13.3. The Balaban J connectivity index is 2.43. The highest BCUT2D eigenvalue weighted by molar-refractivity contribution is 9.10. The summed E-state index contributed by atoms with van der Waals surface area (Å²) in [5.74, 6) is -0.734. The zero-order valence-corrected chi connectivity index (χ0v) is 22.1. The van der Waals surface area contributed by atoms with Gasteiger partial charge in [-0.05, 0) is 51.0 Å². The van der Waals surface area contributed by atoms with E-state index in [2.05, 4.69) is 21.2 Å². The van der Waals surface area contributed by atoms with E-state index in [1.165, 1.54) is 4.90 Å². The first-order valence-electron chi connectivity index (χ1n) is 10.7. The molecule has 1 atom stereocenters. The van der Waals surface area contributed by atoms with E-state index in [9.17, 15) is 18.0 Å². The second kappa shape index (κ2) is 11.2. The normalized spacial score (nSPS) is 12.7. The summed E-state index contributed by atoms with van der Waals surface area (Å²) in [6, 6.07) is 15.3. The van der Waals surface area contributed by atoms with E-state index in [1.54, 1.807) is 24.3 Å². The average Bonchev–Trinajstić information content (AvgIpc) is 2.70. The molecule has 0 radical (unpaired) electrons. The molecule has 2 aromatic rings. The van der Waals surface area contributed by atoms with Crippen molar-refractivity contribution in [3.05, 3.63) is 64.6 Å². The number of halogens is 1. The Bertz CT molecular complexity index is 1070. The van der Waals surface area contributed by atoms with Crippen LogP contribution in [0.25, 0.3) is 0 Å². The van der Waals surface area contributed by atoms with Crippen LogP contribution in [0.4, 0.5) is 5.69 Å². The van der Waals surface area contributed by atoms with Crippen molar-refractivity contribution in [3.8, 4) is 0 Å². The summed E-state index contributed by atoms with van der Waals surface area (Å²) in [5, 5.41) is 2.94. The molecule has 0 aliphatic heterocycles. The first-order chi connectivity index (χ1) is 15.3. The lowest BCUT2D eigenvalue weighted by atomic mass is 10.1. The molecule has 9 heteroatoms. The maximum absolute atomic E-state index is 13.6. The Hall–Kier alpha value is -2.39. The standard InChI is InChI=1S/C24H32BrN3O4S/c1-6-21(23(30)26-24(2,3)4)27(16-18-11-8-7-9-12-18)22(29)17-28(33(5,31)32)20-14-10-13-19(25)15-20/h7-15,21H,6,16-17H2,1-5H3,(H,26,30). The van der Waals surface area contributed by atoms with Crippen LogP contribution >= 0.6 is 15.9 Å². The van der Waals surface area contributed by atoms with E-state index >= 15 is 0 Å². The predicted octanol–water partition coefficient (Wildman–Crippen LogP) is 3.94. The molecule has 0 spiro atoms.